The molecule has 0 spiro atoms. The van der Waals surface area contributed by atoms with Crippen LogP contribution in [0.1, 0.15) is 17.0 Å². The summed E-state index contributed by atoms with van der Waals surface area (Å²) < 4.78 is 0. The zero-order valence-electron chi connectivity index (χ0n) is 10.1. The molecule has 5 heteroatoms. The van der Waals surface area contributed by atoms with Crippen LogP contribution in [0.3, 0.4) is 0 Å². The van der Waals surface area contributed by atoms with E-state index in [2.05, 4.69) is 15.3 Å². The summed E-state index contributed by atoms with van der Waals surface area (Å²) in [5, 5.41) is 3.21. The van der Waals surface area contributed by atoms with Crippen molar-refractivity contribution in [3.8, 4) is 0 Å². The Morgan fingerprint density at radius 3 is 2.83 bits per heavy atom. The maximum absolute atomic E-state index is 5.67. The van der Waals surface area contributed by atoms with Crippen molar-refractivity contribution in [2.75, 3.05) is 5.32 Å². The minimum Gasteiger partial charge on any atom is -0.389 e. The Bertz CT molecular complexity index is 554. The summed E-state index contributed by atoms with van der Waals surface area (Å²) in [7, 11) is 0. The van der Waals surface area contributed by atoms with E-state index in [9.17, 15) is 0 Å². The van der Waals surface area contributed by atoms with Crippen LogP contribution in [0.5, 0.6) is 0 Å². The number of pyridine rings is 2. The lowest BCUT2D eigenvalue weighted by molar-refractivity contribution is 1.02. The third-order valence-corrected chi connectivity index (χ3v) is 2.68. The number of anilines is 1. The second kappa shape index (κ2) is 5.55. The SMILES string of the molecule is Cc1ccc(C(N)=S)c(NCc2ccccn2)n1. The fourth-order valence-electron chi connectivity index (χ4n) is 1.57. The molecular formula is C13H14N4S. The summed E-state index contributed by atoms with van der Waals surface area (Å²) in [5.74, 6) is 0.702. The van der Waals surface area contributed by atoms with Crippen molar-refractivity contribution in [1.29, 1.82) is 0 Å². The predicted octanol–water partition coefficient (Wildman–Crippen LogP) is 2.03. The van der Waals surface area contributed by atoms with Gasteiger partial charge >= 0.3 is 0 Å². The lowest BCUT2D eigenvalue weighted by Crippen LogP contribution is -2.15. The highest BCUT2D eigenvalue weighted by Gasteiger charge is 2.06. The molecule has 4 nitrogen and oxygen atoms in total. The van der Waals surface area contributed by atoms with Gasteiger partial charge in [-0.3, -0.25) is 4.98 Å². The Kier molecular flexibility index (Phi) is 3.84. The fourth-order valence-corrected chi connectivity index (χ4v) is 1.73. The molecule has 0 aliphatic heterocycles. The zero-order valence-corrected chi connectivity index (χ0v) is 10.9. The quantitative estimate of drug-likeness (QED) is 0.822. The first kappa shape index (κ1) is 12.4. The second-order valence-corrected chi connectivity index (χ2v) is 4.33. The Labute approximate surface area is 111 Å². The Morgan fingerprint density at radius 2 is 2.17 bits per heavy atom. The van der Waals surface area contributed by atoms with E-state index in [0.717, 1.165) is 17.0 Å². The van der Waals surface area contributed by atoms with Crippen molar-refractivity contribution in [1.82, 2.24) is 9.97 Å². The molecule has 2 heterocycles. The molecule has 3 N–H and O–H groups in total. The van der Waals surface area contributed by atoms with Gasteiger partial charge in [0.2, 0.25) is 0 Å². The van der Waals surface area contributed by atoms with Crippen LogP contribution in [0.2, 0.25) is 0 Å². The van der Waals surface area contributed by atoms with E-state index in [1.54, 1.807) is 6.20 Å². The molecule has 2 aromatic rings. The molecule has 0 bridgehead atoms. The Hall–Kier alpha value is -2.01. The van der Waals surface area contributed by atoms with Crippen molar-refractivity contribution in [3.63, 3.8) is 0 Å². The number of rotatable bonds is 4. The highest BCUT2D eigenvalue weighted by molar-refractivity contribution is 7.80. The van der Waals surface area contributed by atoms with Gasteiger partial charge in [-0.05, 0) is 31.2 Å². The minimum absolute atomic E-state index is 0.339. The average Bonchev–Trinajstić information content (AvgIpc) is 2.37. The molecule has 2 rings (SSSR count). The van der Waals surface area contributed by atoms with Gasteiger partial charge in [0.25, 0.3) is 0 Å². The summed E-state index contributed by atoms with van der Waals surface area (Å²) >= 11 is 5.01. The highest BCUT2D eigenvalue weighted by Crippen LogP contribution is 2.14. The van der Waals surface area contributed by atoms with Crippen LogP contribution < -0.4 is 11.1 Å². The molecule has 0 radical (unpaired) electrons. The maximum Gasteiger partial charge on any atom is 0.136 e. The van der Waals surface area contributed by atoms with Gasteiger partial charge in [0.1, 0.15) is 10.8 Å². The lowest BCUT2D eigenvalue weighted by Gasteiger charge is -2.10. The number of aryl methyl sites for hydroxylation is 1. The van der Waals surface area contributed by atoms with E-state index in [1.165, 1.54) is 0 Å². The monoisotopic (exact) mass is 258 g/mol. The third kappa shape index (κ3) is 3.01. The molecule has 0 atom stereocenters. The van der Waals surface area contributed by atoms with Crippen molar-refractivity contribution >= 4 is 23.0 Å². The first-order valence-electron chi connectivity index (χ1n) is 5.58. The summed E-state index contributed by atoms with van der Waals surface area (Å²) in [6.45, 7) is 2.52. The molecule has 0 fully saturated rings. The number of aromatic nitrogens is 2. The van der Waals surface area contributed by atoms with Gasteiger partial charge < -0.3 is 11.1 Å². The van der Waals surface area contributed by atoms with Crippen LogP contribution in [0, 0.1) is 6.92 Å². The van der Waals surface area contributed by atoms with Gasteiger partial charge in [-0.15, -0.1) is 0 Å². The maximum atomic E-state index is 5.67. The summed E-state index contributed by atoms with van der Waals surface area (Å²) in [6, 6.07) is 9.55. The fraction of sp³-hybridized carbons (Fsp3) is 0.154. The van der Waals surface area contributed by atoms with E-state index < -0.39 is 0 Å². The second-order valence-electron chi connectivity index (χ2n) is 3.89. The van der Waals surface area contributed by atoms with Crippen molar-refractivity contribution in [2.24, 2.45) is 5.73 Å². The molecule has 0 aliphatic carbocycles. The van der Waals surface area contributed by atoms with Crippen LogP contribution in [0.15, 0.2) is 36.5 Å². The number of hydrogen-bond donors (Lipinski definition) is 2. The standard InChI is InChI=1S/C13H14N4S/c1-9-5-6-11(12(14)18)13(17-9)16-8-10-4-2-3-7-15-10/h2-7H,8H2,1H3,(H2,14,18)(H,16,17). The van der Waals surface area contributed by atoms with Gasteiger partial charge in [-0.2, -0.15) is 0 Å². The molecule has 0 unspecified atom stereocenters. The van der Waals surface area contributed by atoms with Crippen LogP contribution >= 0.6 is 12.2 Å². The summed E-state index contributed by atoms with van der Waals surface area (Å²) in [4.78, 5) is 8.98. The Balaban J connectivity index is 2.18. The minimum atomic E-state index is 0.339. The summed E-state index contributed by atoms with van der Waals surface area (Å²) in [6.07, 6.45) is 1.76. The highest BCUT2D eigenvalue weighted by atomic mass is 32.1. The molecule has 92 valence electrons. The van der Waals surface area contributed by atoms with Crippen LogP contribution in [-0.2, 0) is 6.54 Å². The molecule has 0 amide bonds. The molecule has 0 saturated heterocycles. The number of nitrogens with two attached hydrogens (primary N) is 1. The van der Waals surface area contributed by atoms with Crippen LogP contribution in [-0.4, -0.2) is 15.0 Å². The van der Waals surface area contributed by atoms with E-state index in [4.69, 9.17) is 18.0 Å². The first-order valence-corrected chi connectivity index (χ1v) is 5.99. The van der Waals surface area contributed by atoms with Gasteiger partial charge in [0.15, 0.2) is 0 Å². The lowest BCUT2D eigenvalue weighted by atomic mass is 10.2. The average molecular weight is 258 g/mol. The van der Waals surface area contributed by atoms with Gasteiger partial charge in [0, 0.05) is 11.9 Å². The molecule has 0 saturated carbocycles. The summed E-state index contributed by atoms with van der Waals surface area (Å²) in [5.41, 5.74) is 8.28. The number of nitrogens with zero attached hydrogens (tertiary/aromatic N) is 2. The van der Waals surface area contributed by atoms with Crippen LogP contribution in [0.4, 0.5) is 5.82 Å². The third-order valence-electron chi connectivity index (χ3n) is 2.46. The smallest absolute Gasteiger partial charge is 0.136 e. The molecule has 0 aliphatic rings. The van der Waals surface area contributed by atoms with Gasteiger partial charge in [-0.25, -0.2) is 4.98 Å². The number of nitrogens with one attached hydrogen (secondary N) is 1. The zero-order chi connectivity index (χ0) is 13.0. The number of hydrogen-bond acceptors (Lipinski definition) is 4. The van der Waals surface area contributed by atoms with E-state index in [-0.39, 0.29) is 0 Å². The van der Waals surface area contributed by atoms with Gasteiger partial charge in [0.05, 0.1) is 17.8 Å². The molecular weight excluding hydrogens is 244 g/mol. The molecule has 2 aromatic heterocycles. The number of thiocarbonyl (C=S) groups is 1. The molecule has 0 aromatic carbocycles. The van der Waals surface area contributed by atoms with Crippen LogP contribution in [0.25, 0.3) is 0 Å². The van der Waals surface area contributed by atoms with Gasteiger partial charge in [-0.1, -0.05) is 18.3 Å². The Morgan fingerprint density at radius 1 is 1.33 bits per heavy atom. The van der Waals surface area contributed by atoms with E-state index >= 15 is 0 Å². The van der Waals surface area contributed by atoms with Crippen molar-refractivity contribution < 1.29 is 0 Å². The first-order chi connectivity index (χ1) is 8.66. The molecule has 18 heavy (non-hydrogen) atoms. The van der Waals surface area contributed by atoms with Crippen molar-refractivity contribution in [2.45, 2.75) is 13.5 Å². The van der Waals surface area contributed by atoms with E-state index in [0.29, 0.717) is 17.4 Å². The van der Waals surface area contributed by atoms with E-state index in [1.807, 2.05) is 37.3 Å². The topological polar surface area (TPSA) is 63.8 Å². The van der Waals surface area contributed by atoms with Crippen molar-refractivity contribution in [3.05, 3.63) is 53.5 Å². The predicted molar refractivity (Wildman–Crippen MR) is 76.4 cm³/mol. The largest absolute Gasteiger partial charge is 0.389 e. The normalized spacial score (nSPS) is 10.1.